The second-order valence-corrected chi connectivity index (χ2v) is 6.56. The summed E-state index contributed by atoms with van der Waals surface area (Å²) in [6.07, 6.45) is -5.35. The van der Waals surface area contributed by atoms with Crippen LogP contribution in [0.2, 0.25) is 0 Å². The van der Waals surface area contributed by atoms with Crippen LogP contribution in [0.5, 0.6) is 0 Å². The number of allylic oxidation sites excluding steroid dienone is 1. The number of carbonyl (C=O) groups excluding carboxylic acids is 4. The molecule has 1 rings (SSSR count). The van der Waals surface area contributed by atoms with E-state index >= 15 is 0 Å². The third kappa shape index (κ3) is 8.27. The fourth-order valence-electron chi connectivity index (χ4n) is 2.97. The standard InChI is InChI=1S/C20H30O11/c1-7-9-10-14(26-8-2)30-20-18(29-13(5)23)16(28-12(4)22)15(27-11(3)21)17(31-20)19(24)25-6/h7,14-18,20H,1,8-10H2,2-6H3/t14-,15-,16-,17-,18+,20+/m0/s1. The lowest BCUT2D eigenvalue weighted by molar-refractivity contribution is -0.334. The molecule has 31 heavy (non-hydrogen) atoms. The van der Waals surface area contributed by atoms with Crippen LogP contribution >= 0.6 is 0 Å². The Morgan fingerprint density at radius 3 is 2.00 bits per heavy atom. The fraction of sp³-hybridized carbons (Fsp3) is 0.700. The van der Waals surface area contributed by atoms with Crippen LogP contribution in [0, 0.1) is 0 Å². The van der Waals surface area contributed by atoms with E-state index in [2.05, 4.69) is 6.58 Å². The number of hydrogen-bond donors (Lipinski definition) is 0. The molecule has 0 unspecified atom stereocenters. The van der Waals surface area contributed by atoms with Gasteiger partial charge in [0.05, 0.1) is 7.11 Å². The Morgan fingerprint density at radius 2 is 1.52 bits per heavy atom. The van der Waals surface area contributed by atoms with Gasteiger partial charge in [-0.15, -0.1) is 6.58 Å². The normalized spacial score (nSPS) is 26.3. The Balaban J connectivity index is 3.38. The number of hydrogen-bond acceptors (Lipinski definition) is 11. The molecule has 11 heteroatoms. The van der Waals surface area contributed by atoms with Crippen molar-refractivity contribution in [1.82, 2.24) is 0 Å². The average molecular weight is 446 g/mol. The molecule has 0 bridgehead atoms. The quantitative estimate of drug-likeness (QED) is 0.195. The zero-order chi connectivity index (χ0) is 23.6. The second-order valence-electron chi connectivity index (χ2n) is 6.56. The van der Waals surface area contributed by atoms with Crippen LogP contribution in [0.4, 0.5) is 0 Å². The molecule has 0 radical (unpaired) electrons. The molecule has 1 fully saturated rings. The maximum atomic E-state index is 12.4. The van der Waals surface area contributed by atoms with Gasteiger partial charge in [0, 0.05) is 33.8 Å². The minimum atomic E-state index is -1.52. The second kappa shape index (κ2) is 13.0. The van der Waals surface area contributed by atoms with Gasteiger partial charge in [-0.05, 0) is 13.3 Å². The highest BCUT2D eigenvalue weighted by Gasteiger charge is 2.55. The van der Waals surface area contributed by atoms with E-state index < -0.39 is 60.9 Å². The summed E-state index contributed by atoms with van der Waals surface area (Å²) in [4.78, 5) is 47.5. The van der Waals surface area contributed by atoms with Gasteiger partial charge in [-0.3, -0.25) is 14.4 Å². The smallest absolute Gasteiger partial charge is 0.339 e. The van der Waals surface area contributed by atoms with Crippen LogP contribution in [-0.2, 0) is 52.3 Å². The van der Waals surface area contributed by atoms with E-state index in [1.165, 1.54) is 0 Å². The summed E-state index contributed by atoms with van der Waals surface area (Å²) in [6, 6.07) is 0. The van der Waals surface area contributed by atoms with Crippen molar-refractivity contribution in [2.45, 2.75) is 77.5 Å². The fourth-order valence-corrected chi connectivity index (χ4v) is 2.97. The van der Waals surface area contributed by atoms with Crippen molar-refractivity contribution in [2.24, 2.45) is 0 Å². The highest BCUT2D eigenvalue weighted by Crippen LogP contribution is 2.31. The van der Waals surface area contributed by atoms with Gasteiger partial charge in [0.2, 0.25) is 6.29 Å². The summed E-state index contributed by atoms with van der Waals surface area (Å²) in [5.74, 6) is -3.19. The Hall–Kier alpha value is -2.50. The first kappa shape index (κ1) is 26.5. The number of methoxy groups -OCH3 is 1. The summed E-state index contributed by atoms with van der Waals surface area (Å²) in [6.45, 7) is 9.05. The van der Waals surface area contributed by atoms with E-state index in [4.69, 9.17) is 33.2 Å². The summed E-state index contributed by atoms with van der Waals surface area (Å²) in [5, 5.41) is 0. The van der Waals surface area contributed by atoms with Crippen molar-refractivity contribution < 1.29 is 52.3 Å². The van der Waals surface area contributed by atoms with Crippen LogP contribution in [0.3, 0.4) is 0 Å². The van der Waals surface area contributed by atoms with Crippen LogP contribution < -0.4 is 0 Å². The molecule has 0 aromatic heterocycles. The summed E-state index contributed by atoms with van der Waals surface area (Å²) < 4.78 is 37.5. The largest absolute Gasteiger partial charge is 0.467 e. The van der Waals surface area contributed by atoms with Crippen molar-refractivity contribution in [3.63, 3.8) is 0 Å². The maximum absolute atomic E-state index is 12.4. The molecule has 6 atom stereocenters. The van der Waals surface area contributed by atoms with E-state index in [9.17, 15) is 19.2 Å². The Kier molecular flexibility index (Phi) is 11.2. The summed E-state index contributed by atoms with van der Waals surface area (Å²) >= 11 is 0. The van der Waals surface area contributed by atoms with Gasteiger partial charge in [-0.1, -0.05) is 6.08 Å². The van der Waals surface area contributed by atoms with Crippen molar-refractivity contribution in [2.75, 3.05) is 13.7 Å². The first-order chi connectivity index (χ1) is 14.6. The van der Waals surface area contributed by atoms with Crippen molar-refractivity contribution in [1.29, 1.82) is 0 Å². The van der Waals surface area contributed by atoms with Gasteiger partial charge >= 0.3 is 23.9 Å². The molecule has 0 N–H and O–H groups in total. The molecule has 1 aliphatic rings. The highest BCUT2D eigenvalue weighted by atomic mass is 16.8. The maximum Gasteiger partial charge on any atom is 0.339 e. The zero-order valence-electron chi connectivity index (χ0n) is 18.4. The molecular formula is C20H30O11. The van der Waals surface area contributed by atoms with Crippen LogP contribution in [0.15, 0.2) is 12.7 Å². The number of esters is 4. The lowest BCUT2D eigenvalue weighted by Crippen LogP contribution is -2.64. The van der Waals surface area contributed by atoms with Crippen molar-refractivity contribution in [3.8, 4) is 0 Å². The van der Waals surface area contributed by atoms with Crippen LogP contribution in [0.1, 0.15) is 40.5 Å². The Bertz CT molecular complexity index is 647. The molecule has 0 spiro atoms. The van der Waals surface area contributed by atoms with E-state index in [1.807, 2.05) is 0 Å². The van der Waals surface area contributed by atoms with Gasteiger partial charge in [0.25, 0.3) is 0 Å². The molecule has 176 valence electrons. The third-order valence-electron chi connectivity index (χ3n) is 4.08. The van der Waals surface area contributed by atoms with Gasteiger partial charge < -0.3 is 33.2 Å². The van der Waals surface area contributed by atoms with Gasteiger partial charge in [-0.2, -0.15) is 0 Å². The van der Waals surface area contributed by atoms with Crippen molar-refractivity contribution >= 4 is 23.9 Å². The lowest BCUT2D eigenvalue weighted by atomic mass is 9.97. The number of rotatable bonds is 11. The summed E-state index contributed by atoms with van der Waals surface area (Å²) in [7, 11) is 1.11. The first-order valence-electron chi connectivity index (χ1n) is 9.77. The molecule has 0 saturated carbocycles. The lowest BCUT2D eigenvalue weighted by Gasteiger charge is -2.43. The predicted molar refractivity (Wildman–Crippen MR) is 103 cm³/mol. The molecule has 1 saturated heterocycles. The van der Waals surface area contributed by atoms with E-state index in [0.29, 0.717) is 19.4 Å². The van der Waals surface area contributed by atoms with Gasteiger partial charge in [0.15, 0.2) is 30.7 Å². The van der Waals surface area contributed by atoms with E-state index in [1.54, 1.807) is 13.0 Å². The SMILES string of the molecule is C=CCC[C@@H](OCC)O[C@@H]1O[C@H](C(=O)OC)[C@@H](OC(C)=O)[C@H](OC(C)=O)[C@H]1OC(C)=O. The predicted octanol–water partition coefficient (Wildman–Crippen LogP) is 1.02. The van der Waals surface area contributed by atoms with Gasteiger partial charge in [-0.25, -0.2) is 4.79 Å². The molecular weight excluding hydrogens is 416 g/mol. The van der Waals surface area contributed by atoms with Crippen molar-refractivity contribution in [3.05, 3.63) is 12.7 Å². The van der Waals surface area contributed by atoms with Crippen LogP contribution in [-0.4, -0.2) is 74.6 Å². The number of carbonyl (C=O) groups is 4. The van der Waals surface area contributed by atoms with E-state index in [0.717, 1.165) is 27.9 Å². The molecule has 1 aliphatic heterocycles. The van der Waals surface area contributed by atoms with E-state index in [-0.39, 0.29) is 0 Å². The molecule has 0 amide bonds. The topological polar surface area (TPSA) is 133 Å². The highest BCUT2D eigenvalue weighted by molar-refractivity contribution is 5.77. The summed E-state index contributed by atoms with van der Waals surface area (Å²) in [5.41, 5.74) is 0. The van der Waals surface area contributed by atoms with Crippen LogP contribution in [0.25, 0.3) is 0 Å². The molecule has 0 aliphatic carbocycles. The van der Waals surface area contributed by atoms with Gasteiger partial charge in [0.1, 0.15) is 0 Å². The molecule has 0 aromatic carbocycles. The Morgan fingerprint density at radius 1 is 0.968 bits per heavy atom. The molecule has 1 heterocycles. The first-order valence-corrected chi connectivity index (χ1v) is 9.77. The monoisotopic (exact) mass is 446 g/mol. The zero-order valence-corrected chi connectivity index (χ0v) is 18.4. The minimum Gasteiger partial charge on any atom is -0.467 e. The average Bonchev–Trinajstić information content (AvgIpc) is 2.68. The molecule has 0 aromatic rings. The molecule has 11 nitrogen and oxygen atoms in total. The number of ether oxygens (including phenoxy) is 7. The third-order valence-corrected chi connectivity index (χ3v) is 4.08. The minimum absolute atomic E-state index is 0.302. The Labute approximate surface area is 180 Å².